The normalized spacial score (nSPS) is 15.3. The van der Waals surface area contributed by atoms with Crippen molar-refractivity contribution in [2.75, 3.05) is 19.7 Å². The van der Waals surface area contributed by atoms with Gasteiger partial charge in [-0.25, -0.2) is 0 Å². The highest BCUT2D eigenvalue weighted by atomic mass is 16.3. The van der Waals surface area contributed by atoms with E-state index in [9.17, 15) is 10.2 Å². The van der Waals surface area contributed by atoms with E-state index in [1.165, 1.54) is 22.3 Å². The Morgan fingerprint density at radius 1 is 0.882 bits per heavy atom. The molecule has 2 heterocycles. The number of phenols is 1. The van der Waals surface area contributed by atoms with Gasteiger partial charge in [0, 0.05) is 24.0 Å². The third-order valence-corrected chi connectivity index (χ3v) is 7.44. The van der Waals surface area contributed by atoms with E-state index in [4.69, 9.17) is 0 Å². The van der Waals surface area contributed by atoms with Gasteiger partial charge in [0.2, 0.25) is 0 Å². The number of aryl methyl sites for hydroxylation is 2. The van der Waals surface area contributed by atoms with Crippen LogP contribution in [0.5, 0.6) is 5.75 Å². The molecule has 0 unspecified atom stereocenters. The quantitative estimate of drug-likeness (QED) is 0.375. The molecule has 1 fully saturated rings. The molecule has 1 saturated heterocycles. The molecule has 34 heavy (non-hydrogen) atoms. The summed E-state index contributed by atoms with van der Waals surface area (Å²) in [6.07, 6.45) is 2.32. The molecule has 1 aliphatic heterocycles. The third-order valence-electron chi connectivity index (χ3n) is 7.44. The lowest BCUT2D eigenvalue weighted by Gasteiger charge is -2.33. The fourth-order valence-corrected chi connectivity index (χ4v) is 5.91. The van der Waals surface area contributed by atoms with E-state index < -0.39 is 0 Å². The maximum Gasteiger partial charge on any atom is 0.116 e. The number of nitrogens with zero attached hydrogens (tertiary/aromatic N) is 2. The summed E-state index contributed by atoms with van der Waals surface area (Å²) in [4.78, 5) is 2.55. The lowest BCUT2D eigenvalue weighted by atomic mass is 9.84. The number of aromatic nitrogens is 1. The van der Waals surface area contributed by atoms with Crippen LogP contribution in [0, 0.1) is 13.8 Å². The minimum atomic E-state index is 0.0745. The molecular formula is C30H34N2O2. The number of rotatable bonds is 6. The van der Waals surface area contributed by atoms with Crippen molar-refractivity contribution in [2.24, 2.45) is 0 Å². The largest absolute Gasteiger partial charge is 0.508 e. The summed E-state index contributed by atoms with van der Waals surface area (Å²) in [5, 5.41) is 21.2. The lowest BCUT2D eigenvalue weighted by Crippen LogP contribution is -2.33. The van der Waals surface area contributed by atoms with Crippen molar-refractivity contribution in [3.05, 3.63) is 89.0 Å². The van der Waals surface area contributed by atoms with Crippen molar-refractivity contribution < 1.29 is 10.2 Å². The van der Waals surface area contributed by atoms with E-state index in [1.54, 1.807) is 6.07 Å². The van der Waals surface area contributed by atoms with E-state index in [0.29, 0.717) is 12.5 Å². The molecule has 0 amide bonds. The van der Waals surface area contributed by atoms with Crippen molar-refractivity contribution in [2.45, 2.75) is 45.7 Å². The molecule has 176 valence electrons. The Kier molecular flexibility index (Phi) is 6.44. The van der Waals surface area contributed by atoms with Crippen LogP contribution < -0.4 is 0 Å². The van der Waals surface area contributed by atoms with Crippen LogP contribution in [0.4, 0.5) is 0 Å². The van der Waals surface area contributed by atoms with Gasteiger partial charge in [-0.1, -0.05) is 48.5 Å². The molecule has 1 aromatic heterocycles. The van der Waals surface area contributed by atoms with Gasteiger partial charge < -0.3 is 14.8 Å². The average Bonchev–Trinajstić information content (AvgIpc) is 3.13. The maximum atomic E-state index is 10.3. The van der Waals surface area contributed by atoms with Gasteiger partial charge in [-0.2, -0.15) is 0 Å². The summed E-state index contributed by atoms with van der Waals surface area (Å²) in [5.41, 5.74) is 8.94. The van der Waals surface area contributed by atoms with Crippen molar-refractivity contribution >= 4 is 10.9 Å². The van der Waals surface area contributed by atoms with Crippen molar-refractivity contribution in [3.8, 4) is 17.0 Å². The second-order valence-corrected chi connectivity index (χ2v) is 9.63. The topological polar surface area (TPSA) is 48.6 Å². The highest BCUT2D eigenvalue weighted by Gasteiger charge is 2.26. The van der Waals surface area contributed by atoms with Gasteiger partial charge in [-0.15, -0.1) is 0 Å². The molecule has 0 spiro atoms. The number of likely N-dealkylation sites (tertiary alicyclic amines) is 1. The molecule has 1 aliphatic rings. The summed E-state index contributed by atoms with van der Waals surface area (Å²) in [6.45, 7) is 8.02. The monoisotopic (exact) mass is 454 g/mol. The number of aromatic hydroxyl groups is 1. The Labute approximate surface area is 202 Å². The van der Waals surface area contributed by atoms with Crippen LogP contribution in [-0.2, 0) is 13.1 Å². The maximum absolute atomic E-state index is 10.3. The molecule has 0 bridgehead atoms. The summed E-state index contributed by atoms with van der Waals surface area (Å²) >= 11 is 0. The third kappa shape index (κ3) is 4.24. The first-order valence-electron chi connectivity index (χ1n) is 12.4. The smallest absolute Gasteiger partial charge is 0.116 e. The van der Waals surface area contributed by atoms with Gasteiger partial charge in [-0.05, 0) is 91.7 Å². The Bertz CT molecular complexity index is 1260. The Morgan fingerprint density at radius 2 is 1.59 bits per heavy atom. The number of hydrogen-bond acceptors (Lipinski definition) is 3. The molecule has 0 saturated carbocycles. The van der Waals surface area contributed by atoms with E-state index in [-0.39, 0.29) is 12.4 Å². The van der Waals surface area contributed by atoms with E-state index in [2.05, 4.69) is 65.8 Å². The van der Waals surface area contributed by atoms with E-state index >= 15 is 0 Å². The zero-order valence-corrected chi connectivity index (χ0v) is 20.2. The van der Waals surface area contributed by atoms with E-state index in [1.807, 2.05) is 18.2 Å². The minimum Gasteiger partial charge on any atom is -0.508 e. The Balaban J connectivity index is 1.49. The number of fused-ring (bicyclic) bond motifs is 1. The van der Waals surface area contributed by atoms with Gasteiger partial charge in [0.15, 0.2) is 0 Å². The summed E-state index contributed by atoms with van der Waals surface area (Å²) in [7, 11) is 0. The first-order chi connectivity index (χ1) is 16.6. The van der Waals surface area contributed by atoms with Gasteiger partial charge in [-0.3, -0.25) is 4.90 Å². The number of phenolic OH excluding ortho intramolecular Hbond substituents is 1. The van der Waals surface area contributed by atoms with Crippen molar-refractivity contribution in [3.63, 3.8) is 0 Å². The van der Waals surface area contributed by atoms with Crippen LogP contribution in [0.3, 0.4) is 0 Å². The molecule has 3 aromatic carbocycles. The second-order valence-electron chi connectivity index (χ2n) is 9.63. The van der Waals surface area contributed by atoms with E-state index in [0.717, 1.165) is 54.6 Å². The zero-order chi connectivity index (χ0) is 23.7. The highest BCUT2D eigenvalue weighted by Crippen LogP contribution is 2.38. The summed E-state index contributed by atoms with van der Waals surface area (Å²) < 4.78 is 2.21. The summed E-state index contributed by atoms with van der Waals surface area (Å²) in [6, 6.07) is 22.7. The van der Waals surface area contributed by atoms with Gasteiger partial charge >= 0.3 is 0 Å². The number of hydrogen-bond donors (Lipinski definition) is 2. The van der Waals surface area contributed by atoms with Gasteiger partial charge in [0.25, 0.3) is 0 Å². The molecule has 4 aromatic rings. The lowest BCUT2D eigenvalue weighted by molar-refractivity contribution is 0.205. The number of aliphatic hydroxyl groups is 1. The van der Waals surface area contributed by atoms with Crippen molar-refractivity contribution in [1.29, 1.82) is 0 Å². The molecule has 0 aliphatic carbocycles. The average molecular weight is 455 g/mol. The highest BCUT2D eigenvalue weighted by molar-refractivity contribution is 5.92. The molecule has 5 rings (SSSR count). The predicted octanol–water partition coefficient (Wildman–Crippen LogP) is 6.00. The molecule has 0 radical (unpaired) electrons. The standard InChI is InChI=1S/C30H34N2O2/c1-21-7-6-8-22(2)29(21)23-13-15-31(16-14-23)20-27-26-19-25(34)11-12-28(26)32(17-18-33)30(27)24-9-4-3-5-10-24/h3-12,19,23,33-34H,13-18,20H2,1-2H3. The van der Waals surface area contributed by atoms with Gasteiger partial charge in [0.05, 0.1) is 12.3 Å². The Hall–Kier alpha value is -3.08. The summed E-state index contributed by atoms with van der Waals surface area (Å²) in [5.74, 6) is 0.897. The molecular weight excluding hydrogens is 420 g/mol. The molecule has 0 atom stereocenters. The molecule has 2 N–H and O–H groups in total. The van der Waals surface area contributed by atoms with Crippen LogP contribution >= 0.6 is 0 Å². The second kappa shape index (κ2) is 9.65. The Morgan fingerprint density at radius 3 is 2.26 bits per heavy atom. The van der Waals surface area contributed by atoms with Crippen LogP contribution in [0.15, 0.2) is 66.7 Å². The van der Waals surface area contributed by atoms with Crippen LogP contribution in [-0.4, -0.2) is 39.4 Å². The first kappa shape index (κ1) is 22.7. The SMILES string of the molecule is Cc1cccc(C)c1C1CCN(Cc2c(-c3ccccc3)n(CCO)c3ccc(O)cc23)CC1. The van der Waals surface area contributed by atoms with Crippen LogP contribution in [0.1, 0.15) is 41.0 Å². The molecule has 4 nitrogen and oxygen atoms in total. The van der Waals surface area contributed by atoms with Crippen molar-refractivity contribution in [1.82, 2.24) is 9.47 Å². The van der Waals surface area contributed by atoms with Crippen LogP contribution in [0.2, 0.25) is 0 Å². The predicted molar refractivity (Wildman–Crippen MR) is 139 cm³/mol. The number of benzene rings is 3. The number of aliphatic hydroxyl groups excluding tert-OH is 1. The fourth-order valence-electron chi connectivity index (χ4n) is 5.91. The fraction of sp³-hybridized carbons (Fsp3) is 0.333. The molecule has 4 heteroatoms. The first-order valence-corrected chi connectivity index (χ1v) is 12.4. The zero-order valence-electron chi connectivity index (χ0n) is 20.2. The van der Waals surface area contributed by atoms with Gasteiger partial charge in [0.1, 0.15) is 5.75 Å². The minimum absolute atomic E-state index is 0.0745. The number of piperidine rings is 1. The van der Waals surface area contributed by atoms with Crippen LogP contribution in [0.25, 0.3) is 22.2 Å².